The maximum Gasteiger partial charge on any atom is 0.237 e. The van der Waals surface area contributed by atoms with Crippen molar-refractivity contribution in [2.45, 2.75) is 38.5 Å². The van der Waals surface area contributed by atoms with E-state index in [1.807, 2.05) is 42.5 Å². The van der Waals surface area contributed by atoms with E-state index in [1.54, 1.807) is 14.2 Å². The number of methoxy groups -OCH3 is 2. The summed E-state index contributed by atoms with van der Waals surface area (Å²) in [6.45, 7) is 1.73. The Morgan fingerprint density at radius 1 is 1.04 bits per heavy atom. The number of hydrogen-bond donors (Lipinski definition) is 2. The summed E-state index contributed by atoms with van der Waals surface area (Å²) in [6, 6.07) is 13.6. The fourth-order valence-corrected chi connectivity index (χ4v) is 3.28. The van der Waals surface area contributed by atoms with E-state index in [0.29, 0.717) is 30.4 Å². The summed E-state index contributed by atoms with van der Waals surface area (Å²) in [6.07, 6.45) is 2.91. The minimum atomic E-state index is -0.173. The third-order valence-electron chi connectivity index (χ3n) is 4.83. The van der Waals surface area contributed by atoms with Gasteiger partial charge in [-0.2, -0.15) is 0 Å². The van der Waals surface area contributed by atoms with Crippen molar-refractivity contribution in [3.63, 3.8) is 0 Å². The molecule has 6 heteroatoms. The van der Waals surface area contributed by atoms with Crippen LogP contribution < -0.4 is 24.8 Å². The van der Waals surface area contributed by atoms with Crippen molar-refractivity contribution in [3.05, 3.63) is 53.6 Å². The summed E-state index contributed by atoms with van der Waals surface area (Å²) in [5, 5.41) is 6.29. The monoisotopic (exact) mass is 384 g/mol. The maximum absolute atomic E-state index is 12.1. The molecule has 2 aromatic carbocycles. The molecule has 1 aliphatic heterocycles. The van der Waals surface area contributed by atoms with Crippen molar-refractivity contribution < 1.29 is 19.0 Å². The Bertz CT molecular complexity index is 754. The Kier molecular flexibility index (Phi) is 7.14. The first-order valence-corrected chi connectivity index (χ1v) is 9.64. The summed E-state index contributed by atoms with van der Waals surface area (Å²) >= 11 is 0. The van der Waals surface area contributed by atoms with E-state index < -0.39 is 0 Å². The van der Waals surface area contributed by atoms with Crippen molar-refractivity contribution in [2.75, 3.05) is 20.8 Å². The highest BCUT2D eigenvalue weighted by Gasteiger charge is 2.21. The van der Waals surface area contributed by atoms with Gasteiger partial charge in [-0.1, -0.05) is 30.3 Å². The number of benzene rings is 2. The molecule has 28 heavy (non-hydrogen) atoms. The van der Waals surface area contributed by atoms with Crippen molar-refractivity contribution in [3.8, 4) is 17.2 Å². The first kappa shape index (κ1) is 20.0. The number of carbonyl (C=O) groups excluding carboxylic acids is 1. The van der Waals surface area contributed by atoms with Crippen LogP contribution in [-0.4, -0.2) is 32.7 Å². The quantitative estimate of drug-likeness (QED) is 0.732. The molecule has 2 aromatic rings. The molecule has 1 amide bonds. The van der Waals surface area contributed by atoms with Gasteiger partial charge >= 0.3 is 0 Å². The van der Waals surface area contributed by atoms with Gasteiger partial charge in [-0.3, -0.25) is 4.79 Å². The van der Waals surface area contributed by atoms with E-state index in [1.165, 1.54) is 0 Å². The van der Waals surface area contributed by atoms with E-state index in [9.17, 15) is 4.79 Å². The lowest BCUT2D eigenvalue weighted by Gasteiger charge is -2.18. The molecular weight excluding hydrogens is 356 g/mol. The molecule has 0 aromatic heterocycles. The molecule has 1 atom stereocenters. The Morgan fingerprint density at radius 3 is 2.43 bits per heavy atom. The van der Waals surface area contributed by atoms with Gasteiger partial charge in [0.25, 0.3) is 0 Å². The van der Waals surface area contributed by atoms with E-state index >= 15 is 0 Å². The average Bonchev–Trinajstić information content (AvgIpc) is 2.95. The predicted octanol–water partition coefficient (Wildman–Crippen LogP) is 3.04. The molecule has 150 valence electrons. The van der Waals surface area contributed by atoms with Crippen LogP contribution in [0.25, 0.3) is 0 Å². The van der Waals surface area contributed by atoms with E-state index in [-0.39, 0.29) is 11.9 Å². The molecule has 0 spiro atoms. The molecule has 1 aliphatic rings. The zero-order chi connectivity index (χ0) is 19.8. The first-order chi connectivity index (χ1) is 13.7. The molecule has 0 bridgehead atoms. The molecule has 6 nitrogen and oxygen atoms in total. The number of amides is 1. The highest BCUT2D eigenvalue weighted by Crippen LogP contribution is 2.39. The van der Waals surface area contributed by atoms with Gasteiger partial charge in [0.05, 0.1) is 20.3 Å². The Hall–Kier alpha value is -2.73. The molecule has 0 aliphatic carbocycles. The van der Waals surface area contributed by atoms with Gasteiger partial charge in [0.1, 0.15) is 6.61 Å². The Morgan fingerprint density at radius 2 is 1.75 bits per heavy atom. The van der Waals surface area contributed by atoms with Crippen LogP contribution in [0, 0.1) is 0 Å². The standard InChI is InChI=1S/C22H28N2O4/c1-26-19-12-17(14-24-18-10-6-7-11-23-22(18)25)13-20(27-2)21(19)28-15-16-8-4-3-5-9-16/h3-5,8-9,12-13,18,24H,6-7,10-11,14-15H2,1-2H3,(H,23,25). The van der Waals surface area contributed by atoms with Crippen molar-refractivity contribution >= 4 is 5.91 Å². The van der Waals surface area contributed by atoms with Crippen LogP contribution in [0.5, 0.6) is 17.2 Å². The minimum Gasteiger partial charge on any atom is -0.493 e. The molecule has 0 saturated carbocycles. The lowest BCUT2D eigenvalue weighted by atomic mass is 10.1. The zero-order valence-corrected chi connectivity index (χ0v) is 16.5. The van der Waals surface area contributed by atoms with Gasteiger partial charge in [-0.25, -0.2) is 0 Å². The van der Waals surface area contributed by atoms with E-state index in [0.717, 1.165) is 36.9 Å². The topological polar surface area (TPSA) is 68.8 Å². The first-order valence-electron chi connectivity index (χ1n) is 9.64. The molecule has 1 unspecified atom stereocenters. The zero-order valence-electron chi connectivity index (χ0n) is 16.5. The summed E-state index contributed by atoms with van der Waals surface area (Å²) in [4.78, 5) is 12.1. The van der Waals surface area contributed by atoms with Gasteiger partial charge in [0.15, 0.2) is 11.5 Å². The number of ether oxygens (including phenoxy) is 3. The summed E-state index contributed by atoms with van der Waals surface area (Å²) in [5.41, 5.74) is 2.04. The third-order valence-corrected chi connectivity index (χ3v) is 4.83. The smallest absolute Gasteiger partial charge is 0.237 e. The van der Waals surface area contributed by atoms with Crippen LogP contribution in [0.15, 0.2) is 42.5 Å². The molecule has 2 N–H and O–H groups in total. The van der Waals surface area contributed by atoms with Gasteiger partial charge in [0, 0.05) is 13.1 Å². The minimum absolute atomic E-state index is 0.0687. The fourth-order valence-electron chi connectivity index (χ4n) is 3.28. The molecule has 0 radical (unpaired) electrons. The number of hydrogen-bond acceptors (Lipinski definition) is 5. The van der Waals surface area contributed by atoms with Crippen molar-refractivity contribution in [1.29, 1.82) is 0 Å². The normalized spacial score (nSPS) is 16.8. The fraction of sp³-hybridized carbons (Fsp3) is 0.409. The predicted molar refractivity (Wildman–Crippen MR) is 108 cm³/mol. The Labute approximate surface area is 166 Å². The second-order valence-corrected chi connectivity index (χ2v) is 6.82. The maximum atomic E-state index is 12.1. The van der Waals surface area contributed by atoms with E-state index in [2.05, 4.69) is 10.6 Å². The van der Waals surface area contributed by atoms with Crippen molar-refractivity contribution in [1.82, 2.24) is 10.6 Å². The second kappa shape index (κ2) is 9.99. The number of carbonyl (C=O) groups is 1. The van der Waals surface area contributed by atoms with Crippen LogP contribution in [0.3, 0.4) is 0 Å². The number of nitrogens with one attached hydrogen (secondary N) is 2. The SMILES string of the molecule is COc1cc(CNC2CCCCNC2=O)cc(OC)c1OCc1ccccc1. The summed E-state index contributed by atoms with van der Waals surface area (Å²) in [7, 11) is 3.22. The average molecular weight is 384 g/mol. The van der Waals surface area contributed by atoms with Gasteiger partial charge in [-0.15, -0.1) is 0 Å². The summed E-state index contributed by atoms with van der Waals surface area (Å²) in [5.74, 6) is 1.86. The molecule has 1 heterocycles. The van der Waals surface area contributed by atoms with Gasteiger partial charge in [0.2, 0.25) is 11.7 Å². The van der Waals surface area contributed by atoms with Gasteiger partial charge in [-0.05, 0) is 42.5 Å². The Balaban J connectivity index is 1.71. The van der Waals surface area contributed by atoms with E-state index in [4.69, 9.17) is 14.2 Å². The summed E-state index contributed by atoms with van der Waals surface area (Å²) < 4.78 is 17.1. The molecular formula is C22H28N2O4. The van der Waals surface area contributed by atoms with Crippen molar-refractivity contribution in [2.24, 2.45) is 0 Å². The second-order valence-electron chi connectivity index (χ2n) is 6.82. The van der Waals surface area contributed by atoms with Gasteiger partial charge < -0.3 is 24.8 Å². The van der Waals surface area contributed by atoms with Crippen LogP contribution >= 0.6 is 0 Å². The van der Waals surface area contributed by atoms with Crippen LogP contribution in [0.1, 0.15) is 30.4 Å². The van der Waals surface area contributed by atoms with Crippen LogP contribution in [0.2, 0.25) is 0 Å². The lowest BCUT2D eigenvalue weighted by molar-refractivity contribution is -0.122. The molecule has 3 rings (SSSR count). The lowest BCUT2D eigenvalue weighted by Crippen LogP contribution is -2.42. The largest absolute Gasteiger partial charge is 0.493 e. The molecule has 1 saturated heterocycles. The van der Waals surface area contributed by atoms with Crippen LogP contribution in [-0.2, 0) is 17.9 Å². The number of rotatable bonds is 8. The highest BCUT2D eigenvalue weighted by atomic mass is 16.5. The van der Waals surface area contributed by atoms with Crippen LogP contribution in [0.4, 0.5) is 0 Å². The highest BCUT2D eigenvalue weighted by molar-refractivity contribution is 5.81. The third kappa shape index (κ3) is 5.16. The molecule has 1 fully saturated rings.